The largest absolute Gasteiger partial charge is 0.368 e. The highest BCUT2D eigenvalue weighted by molar-refractivity contribution is 7.08. The van der Waals surface area contributed by atoms with E-state index in [-0.39, 0.29) is 11.7 Å². The average Bonchev–Trinajstić information content (AvgIpc) is 3.28. The van der Waals surface area contributed by atoms with Gasteiger partial charge in [0.2, 0.25) is 5.95 Å². The van der Waals surface area contributed by atoms with Crippen LogP contribution in [0.3, 0.4) is 0 Å². The molecular weight excluding hydrogens is 419 g/mol. The zero-order valence-corrected chi connectivity index (χ0v) is 18.4. The number of amides is 1. The maximum Gasteiger partial charge on any atom is 0.267 e. The molecular formula is C21H23FN6O2S. The summed E-state index contributed by atoms with van der Waals surface area (Å²) in [7, 11) is 3.72. The molecule has 3 heterocycles. The summed E-state index contributed by atoms with van der Waals surface area (Å²) in [6.07, 6.45) is 1.93. The molecule has 0 aliphatic carbocycles. The fourth-order valence-electron chi connectivity index (χ4n) is 3.44. The van der Waals surface area contributed by atoms with Crippen molar-refractivity contribution in [2.45, 2.75) is 19.4 Å². The highest BCUT2D eigenvalue weighted by atomic mass is 32.1. The lowest BCUT2D eigenvalue weighted by molar-refractivity contribution is -0.0243. The summed E-state index contributed by atoms with van der Waals surface area (Å²) in [5.41, 5.74) is 2.91. The zero-order chi connectivity index (χ0) is 22.0. The van der Waals surface area contributed by atoms with Crippen molar-refractivity contribution < 1.29 is 13.9 Å². The van der Waals surface area contributed by atoms with Crippen molar-refractivity contribution in [2.24, 2.45) is 0 Å². The number of nitrogens with zero attached hydrogens (tertiary/aromatic N) is 6. The van der Waals surface area contributed by atoms with Crippen LogP contribution in [0.15, 0.2) is 30.5 Å². The van der Waals surface area contributed by atoms with Crippen LogP contribution in [0.5, 0.6) is 0 Å². The van der Waals surface area contributed by atoms with Gasteiger partial charge in [-0.1, -0.05) is 23.5 Å². The van der Waals surface area contributed by atoms with Crippen molar-refractivity contribution in [2.75, 3.05) is 38.7 Å². The van der Waals surface area contributed by atoms with Crippen molar-refractivity contribution in [3.05, 3.63) is 52.5 Å². The van der Waals surface area contributed by atoms with Gasteiger partial charge in [0.05, 0.1) is 24.5 Å². The SMILES string of the molecule is CCc1nnsc1C(=O)N1CCOC(c2nc(N(C)C)ncc2-c2ccc(F)cc2)C1. The number of carbonyl (C=O) groups excluding carboxylic acids is 1. The molecule has 0 spiro atoms. The van der Waals surface area contributed by atoms with Gasteiger partial charge in [-0.05, 0) is 35.6 Å². The summed E-state index contributed by atoms with van der Waals surface area (Å²) < 4.78 is 23.4. The van der Waals surface area contributed by atoms with Gasteiger partial charge in [-0.25, -0.2) is 14.4 Å². The number of morpholine rings is 1. The fraction of sp³-hybridized carbons (Fsp3) is 0.381. The molecule has 31 heavy (non-hydrogen) atoms. The third-order valence-corrected chi connectivity index (χ3v) is 5.86. The number of aryl methyl sites for hydroxylation is 1. The van der Waals surface area contributed by atoms with Crippen LogP contribution >= 0.6 is 11.5 Å². The molecule has 2 aromatic heterocycles. The summed E-state index contributed by atoms with van der Waals surface area (Å²) in [5, 5.41) is 4.05. The van der Waals surface area contributed by atoms with Crippen molar-refractivity contribution >= 4 is 23.4 Å². The number of rotatable bonds is 5. The monoisotopic (exact) mass is 442 g/mol. The van der Waals surface area contributed by atoms with Gasteiger partial charge in [0.1, 0.15) is 16.8 Å². The van der Waals surface area contributed by atoms with Gasteiger partial charge in [-0.3, -0.25) is 4.79 Å². The van der Waals surface area contributed by atoms with Crippen LogP contribution in [0.25, 0.3) is 11.1 Å². The second-order valence-electron chi connectivity index (χ2n) is 7.38. The molecule has 3 aromatic rings. The second kappa shape index (κ2) is 9.03. The molecule has 1 aromatic carbocycles. The summed E-state index contributed by atoms with van der Waals surface area (Å²) in [6, 6.07) is 6.18. The van der Waals surface area contributed by atoms with E-state index < -0.39 is 6.10 Å². The Morgan fingerprint density at radius 3 is 2.81 bits per heavy atom. The van der Waals surface area contributed by atoms with Crippen LogP contribution in [-0.2, 0) is 11.2 Å². The number of anilines is 1. The molecule has 1 fully saturated rings. The fourth-order valence-corrected chi connectivity index (χ4v) is 4.16. The van der Waals surface area contributed by atoms with Crippen LogP contribution in [-0.4, -0.2) is 64.2 Å². The van der Waals surface area contributed by atoms with E-state index >= 15 is 0 Å². The lowest BCUT2D eigenvalue weighted by Gasteiger charge is -2.33. The maximum atomic E-state index is 13.4. The van der Waals surface area contributed by atoms with E-state index in [1.54, 1.807) is 28.1 Å². The number of carbonyl (C=O) groups is 1. The van der Waals surface area contributed by atoms with E-state index in [2.05, 4.69) is 14.6 Å². The van der Waals surface area contributed by atoms with Crippen molar-refractivity contribution in [3.8, 4) is 11.1 Å². The average molecular weight is 443 g/mol. The van der Waals surface area contributed by atoms with Crippen LogP contribution in [0.4, 0.5) is 10.3 Å². The van der Waals surface area contributed by atoms with Gasteiger partial charge in [0, 0.05) is 32.4 Å². The number of hydrogen-bond donors (Lipinski definition) is 0. The first-order chi connectivity index (χ1) is 15.0. The van der Waals surface area contributed by atoms with Gasteiger partial charge >= 0.3 is 0 Å². The number of ether oxygens (including phenoxy) is 1. The first-order valence-electron chi connectivity index (χ1n) is 10.00. The molecule has 1 amide bonds. The van der Waals surface area contributed by atoms with Gasteiger partial charge in [-0.15, -0.1) is 5.10 Å². The maximum absolute atomic E-state index is 13.4. The molecule has 4 rings (SSSR count). The predicted molar refractivity (Wildman–Crippen MR) is 116 cm³/mol. The number of benzene rings is 1. The molecule has 0 saturated carbocycles. The van der Waals surface area contributed by atoms with E-state index in [1.165, 1.54) is 12.1 Å². The van der Waals surface area contributed by atoms with E-state index in [0.717, 1.165) is 22.7 Å². The van der Waals surface area contributed by atoms with Crippen molar-refractivity contribution in [1.29, 1.82) is 0 Å². The molecule has 1 saturated heterocycles. The van der Waals surface area contributed by atoms with Crippen molar-refractivity contribution in [1.82, 2.24) is 24.5 Å². The molecule has 1 atom stereocenters. The Morgan fingerprint density at radius 2 is 2.10 bits per heavy atom. The minimum absolute atomic E-state index is 0.0922. The van der Waals surface area contributed by atoms with E-state index in [4.69, 9.17) is 9.72 Å². The van der Waals surface area contributed by atoms with E-state index in [9.17, 15) is 9.18 Å². The first kappa shape index (κ1) is 21.3. The molecule has 1 aliphatic heterocycles. The standard InChI is InChI=1S/C21H23FN6O2S/c1-4-16-19(31-26-25-16)20(29)28-9-10-30-17(12-28)18-15(11-23-21(24-18)27(2)3)13-5-7-14(22)8-6-13/h5-8,11,17H,4,9-10,12H2,1-3H3. The Bertz CT molecular complexity index is 1070. The van der Waals surface area contributed by atoms with Gasteiger partial charge < -0.3 is 14.5 Å². The summed E-state index contributed by atoms with van der Waals surface area (Å²) in [4.78, 5) is 26.4. The molecule has 162 valence electrons. The van der Waals surface area contributed by atoms with Crippen LogP contribution in [0.2, 0.25) is 0 Å². The number of aromatic nitrogens is 4. The van der Waals surface area contributed by atoms with Crippen molar-refractivity contribution in [3.63, 3.8) is 0 Å². The van der Waals surface area contributed by atoms with E-state index in [0.29, 0.717) is 48.3 Å². The summed E-state index contributed by atoms with van der Waals surface area (Å²) in [5.74, 6) is 0.130. The molecule has 1 unspecified atom stereocenters. The van der Waals surface area contributed by atoms with Gasteiger partial charge in [-0.2, -0.15) is 0 Å². The first-order valence-corrected chi connectivity index (χ1v) is 10.8. The quantitative estimate of drug-likeness (QED) is 0.601. The summed E-state index contributed by atoms with van der Waals surface area (Å²) in [6.45, 7) is 3.16. The highest BCUT2D eigenvalue weighted by Gasteiger charge is 2.31. The summed E-state index contributed by atoms with van der Waals surface area (Å²) >= 11 is 1.12. The second-order valence-corrected chi connectivity index (χ2v) is 8.14. The molecule has 0 radical (unpaired) electrons. The lowest BCUT2D eigenvalue weighted by atomic mass is 10.0. The van der Waals surface area contributed by atoms with E-state index in [1.807, 2.05) is 21.0 Å². The number of halogens is 1. The molecule has 0 bridgehead atoms. The third kappa shape index (κ3) is 4.40. The Labute approximate surface area is 183 Å². The van der Waals surface area contributed by atoms with Crippen LogP contribution in [0, 0.1) is 5.82 Å². The zero-order valence-electron chi connectivity index (χ0n) is 17.6. The normalized spacial score (nSPS) is 16.4. The lowest BCUT2D eigenvalue weighted by Crippen LogP contribution is -2.42. The predicted octanol–water partition coefficient (Wildman–Crippen LogP) is 2.98. The topological polar surface area (TPSA) is 84.3 Å². The highest BCUT2D eigenvalue weighted by Crippen LogP contribution is 2.32. The Balaban J connectivity index is 1.68. The molecule has 8 nitrogen and oxygen atoms in total. The Morgan fingerprint density at radius 1 is 1.32 bits per heavy atom. The Hall–Kier alpha value is -2.98. The Kier molecular flexibility index (Phi) is 6.19. The third-order valence-electron chi connectivity index (χ3n) is 5.10. The minimum Gasteiger partial charge on any atom is -0.368 e. The minimum atomic E-state index is -0.439. The van der Waals surface area contributed by atoms with Crippen LogP contribution in [0.1, 0.15) is 34.1 Å². The number of hydrogen-bond acceptors (Lipinski definition) is 8. The van der Waals surface area contributed by atoms with Gasteiger partial charge in [0.25, 0.3) is 5.91 Å². The molecule has 10 heteroatoms. The van der Waals surface area contributed by atoms with Gasteiger partial charge in [0.15, 0.2) is 0 Å². The smallest absolute Gasteiger partial charge is 0.267 e. The molecule has 1 aliphatic rings. The molecule has 0 N–H and O–H groups in total. The van der Waals surface area contributed by atoms with Crippen LogP contribution < -0.4 is 4.90 Å².